The molecule has 25 heavy (non-hydrogen) atoms. The zero-order valence-corrected chi connectivity index (χ0v) is 14.4. The number of hydrogen-bond donors (Lipinski definition) is 2. The van der Waals surface area contributed by atoms with Crippen LogP contribution in [0.4, 0.5) is 5.69 Å². The maximum atomic E-state index is 12.4. The molecule has 1 aliphatic carbocycles. The van der Waals surface area contributed by atoms with Crippen LogP contribution in [0.25, 0.3) is 0 Å². The second-order valence-corrected chi connectivity index (χ2v) is 7.03. The number of benzene rings is 2. The second-order valence-electron chi connectivity index (χ2n) is 6.09. The Bertz CT molecular complexity index is 874. The lowest BCUT2D eigenvalue weighted by atomic mass is 10.1. The van der Waals surface area contributed by atoms with Gasteiger partial charge in [0.05, 0.1) is 0 Å². The van der Waals surface area contributed by atoms with Crippen molar-refractivity contribution in [1.29, 1.82) is 0 Å². The van der Waals surface area contributed by atoms with Crippen LogP contribution in [-0.2, 0) is 5.75 Å². The maximum absolute atomic E-state index is 12.4. The fourth-order valence-electron chi connectivity index (χ4n) is 2.54. The highest BCUT2D eigenvalue weighted by atomic mass is 32.2. The fraction of sp³-hybridized carbons (Fsp3) is 0.211. The highest BCUT2D eigenvalue weighted by molar-refractivity contribution is 7.98. The number of para-hydroxylation sites is 1. The van der Waals surface area contributed by atoms with Crippen molar-refractivity contribution in [2.75, 3.05) is 5.32 Å². The van der Waals surface area contributed by atoms with Gasteiger partial charge in [0.15, 0.2) is 0 Å². The van der Waals surface area contributed by atoms with Crippen LogP contribution in [0.15, 0.2) is 59.8 Å². The Labute approximate surface area is 150 Å². The Hall–Kier alpha value is -2.60. The number of carbonyl (C=O) groups excluding carboxylic acids is 1. The molecule has 126 valence electrons. The first-order chi connectivity index (χ1) is 12.3. The summed E-state index contributed by atoms with van der Waals surface area (Å²) in [5, 5.41) is 10.9. The van der Waals surface area contributed by atoms with E-state index in [9.17, 15) is 4.79 Å². The molecule has 0 aliphatic heterocycles. The van der Waals surface area contributed by atoms with E-state index in [1.54, 1.807) is 11.8 Å². The van der Waals surface area contributed by atoms with Crippen molar-refractivity contribution in [3.05, 3.63) is 71.5 Å². The highest BCUT2D eigenvalue weighted by Gasteiger charge is 2.27. The Morgan fingerprint density at radius 1 is 1.16 bits per heavy atom. The SMILES string of the molecule is O=C(Nc1ccccc1)c1cccc(CSc2n[nH]c(C3CC3)n2)c1. The van der Waals surface area contributed by atoms with Gasteiger partial charge in [-0.15, -0.1) is 5.10 Å². The quantitative estimate of drug-likeness (QED) is 0.653. The van der Waals surface area contributed by atoms with Crippen molar-refractivity contribution < 1.29 is 4.79 Å². The maximum Gasteiger partial charge on any atom is 0.255 e. The van der Waals surface area contributed by atoms with Gasteiger partial charge in [-0.3, -0.25) is 9.89 Å². The van der Waals surface area contributed by atoms with Gasteiger partial charge in [0.1, 0.15) is 5.82 Å². The summed E-state index contributed by atoms with van der Waals surface area (Å²) in [7, 11) is 0. The first kappa shape index (κ1) is 15.9. The number of carbonyl (C=O) groups is 1. The lowest BCUT2D eigenvalue weighted by Gasteiger charge is -2.06. The lowest BCUT2D eigenvalue weighted by molar-refractivity contribution is 0.102. The van der Waals surface area contributed by atoms with Gasteiger partial charge in [0, 0.05) is 22.9 Å². The molecule has 0 radical (unpaired) electrons. The highest BCUT2D eigenvalue weighted by Crippen LogP contribution is 2.38. The average molecular weight is 350 g/mol. The number of nitrogens with one attached hydrogen (secondary N) is 2. The summed E-state index contributed by atoms with van der Waals surface area (Å²) in [5.41, 5.74) is 2.51. The zero-order valence-electron chi connectivity index (χ0n) is 13.6. The van der Waals surface area contributed by atoms with Gasteiger partial charge in [0.2, 0.25) is 5.16 Å². The Kier molecular flexibility index (Phi) is 4.52. The molecule has 4 rings (SSSR count). The molecule has 1 aromatic heterocycles. The molecule has 0 unspecified atom stereocenters. The van der Waals surface area contributed by atoms with Crippen LogP contribution in [0.2, 0.25) is 0 Å². The largest absolute Gasteiger partial charge is 0.322 e. The van der Waals surface area contributed by atoms with Gasteiger partial charge in [0.25, 0.3) is 5.91 Å². The zero-order chi connectivity index (χ0) is 17.1. The second kappa shape index (κ2) is 7.11. The number of thioether (sulfide) groups is 1. The molecular weight excluding hydrogens is 332 g/mol. The molecule has 2 N–H and O–H groups in total. The third kappa shape index (κ3) is 4.09. The minimum Gasteiger partial charge on any atom is -0.322 e. The number of aromatic nitrogens is 3. The van der Waals surface area contributed by atoms with E-state index in [1.165, 1.54) is 12.8 Å². The molecule has 0 saturated heterocycles. The summed E-state index contributed by atoms with van der Waals surface area (Å²) in [6, 6.07) is 17.1. The van der Waals surface area contributed by atoms with Crippen LogP contribution in [0.1, 0.15) is 40.5 Å². The van der Waals surface area contributed by atoms with E-state index in [4.69, 9.17) is 0 Å². The monoisotopic (exact) mass is 350 g/mol. The van der Waals surface area contributed by atoms with Crippen LogP contribution in [0, 0.1) is 0 Å². The third-order valence-corrected chi connectivity index (χ3v) is 4.95. The number of aromatic amines is 1. The molecule has 0 spiro atoms. The van der Waals surface area contributed by atoms with E-state index in [1.807, 2.05) is 54.6 Å². The van der Waals surface area contributed by atoms with E-state index in [0.717, 1.165) is 28.0 Å². The summed E-state index contributed by atoms with van der Waals surface area (Å²) < 4.78 is 0. The molecule has 0 atom stereocenters. The van der Waals surface area contributed by atoms with Gasteiger partial charge in [-0.1, -0.05) is 42.1 Å². The standard InChI is InChI=1S/C19H18N4OS/c24-18(20-16-7-2-1-3-8-16)15-6-4-5-13(11-15)12-25-19-21-17(22-23-19)14-9-10-14/h1-8,11,14H,9-10,12H2,(H,20,24)(H,21,22,23). The van der Waals surface area contributed by atoms with E-state index in [-0.39, 0.29) is 5.91 Å². The molecule has 1 saturated carbocycles. The first-order valence-electron chi connectivity index (χ1n) is 8.28. The molecule has 3 aromatic rings. The first-order valence-corrected chi connectivity index (χ1v) is 9.27. The normalized spacial score (nSPS) is 13.6. The van der Waals surface area contributed by atoms with Crippen LogP contribution in [0.3, 0.4) is 0 Å². The predicted octanol–water partition coefficient (Wildman–Crippen LogP) is 4.23. The van der Waals surface area contributed by atoms with Crippen molar-refractivity contribution in [3.8, 4) is 0 Å². The van der Waals surface area contributed by atoms with Crippen LogP contribution >= 0.6 is 11.8 Å². The van der Waals surface area contributed by atoms with E-state index < -0.39 is 0 Å². The van der Waals surface area contributed by atoms with Crippen molar-refractivity contribution in [3.63, 3.8) is 0 Å². The van der Waals surface area contributed by atoms with Crippen molar-refractivity contribution >= 4 is 23.4 Å². The number of rotatable bonds is 6. The summed E-state index contributed by atoms with van der Waals surface area (Å²) in [6.45, 7) is 0. The molecular formula is C19H18N4OS. The molecule has 2 aromatic carbocycles. The molecule has 0 bridgehead atoms. The molecule has 5 nitrogen and oxygen atoms in total. The predicted molar refractivity (Wildman–Crippen MR) is 98.8 cm³/mol. The van der Waals surface area contributed by atoms with E-state index >= 15 is 0 Å². The number of hydrogen-bond acceptors (Lipinski definition) is 4. The minimum absolute atomic E-state index is 0.105. The number of amides is 1. The molecule has 1 heterocycles. The lowest BCUT2D eigenvalue weighted by Crippen LogP contribution is -2.11. The van der Waals surface area contributed by atoms with E-state index in [2.05, 4.69) is 20.5 Å². The van der Waals surface area contributed by atoms with Gasteiger partial charge in [-0.2, -0.15) is 0 Å². The summed E-state index contributed by atoms with van der Waals surface area (Å²) in [6.07, 6.45) is 2.41. The molecule has 1 fully saturated rings. The molecule has 1 aliphatic rings. The average Bonchev–Trinajstić information content (AvgIpc) is 3.39. The van der Waals surface area contributed by atoms with Crippen LogP contribution < -0.4 is 5.32 Å². The summed E-state index contributed by atoms with van der Waals surface area (Å²) in [4.78, 5) is 16.9. The van der Waals surface area contributed by atoms with Crippen LogP contribution in [0.5, 0.6) is 0 Å². The third-order valence-electron chi connectivity index (χ3n) is 4.04. The smallest absolute Gasteiger partial charge is 0.255 e. The molecule has 1 amide bonds. The van der Waals surface area contributed by atoms with Crippen molar-refractivity contribution in [2.24, 2.45) is 0 Å². The molecule has 6 heteroatoms. The minimum atomic E-state index is -0.105. The van der Waals surface area contributed by atoms with Gasteiger partial charge in [-0.25, -0.2) is 4.98 Å². The Balaban J connectivity index is 1.39. The number of anilines is 1. The number of H-pyrrole nitrogens is 1. The van der Waals surface area contributed by atoms with E-state index in [0.29, 0.717) is 11.5 Å². The van der Waals surface area contributed by atoms with Crippen molar-refractivity contribution in [1.82, 2.24) is 15.2 Å². The summed E-state index contributed by atoms with van der Waals surface area (Å²) in [5.74, 6) is 2.20. The topological polar surface area (TPSA) is 70.7 Å². The summed E-state index contributed by atoms with van der Waals surface area (Å²) >= 11 is 1.58. The van der Waals surface area contributed by atoms with Gasteiger partial charge < -0.3 is 5.32 Å². The Morgan fingerprint density at radius 3 is 2.80 bits per heavy atom. The van der Waals surface area contributed by atoms with Crippen molar-refractivity contribution in [2.45, 2.75) is 29.7 Å². The fourth-order valence-corrected chi connectivity index (χ4v) is 3.29. The Morgan fingerprint density at radius 2 is 2.00 bits per heavy atom. The van der Waals surface area contributed by atoms with Gasteiger partial charge in [-0.05, 0) is 42.7 Å². The number of nitrogens with zero attached hydrogens (tertiary/aromatic N) is 2. The van der Waals surface area contributed by atoms with Gasteiger partial charge >= 0.3 is 0 Å². The van der Waals surface area contributed by atoms with Crippen LogP contribution in [-0.4, -0.2) is 21.1 Å².